The molecule has 0 aliphatic heterocycles. The largest absolute Gasteiger partial charge is 0.298 e. The van der Waals surface area contributed by atoms with E-state index in [0.717, 1.165) is 25.4 Å². The lowest BCUT2D eigenvalue weighted by atomic mass is 10.2. The summed E-state index contributed by atoms with van der Waals surface area (Å²) >= 11 is 2.99. The molecule has 124 valence electrons. The smallest absolute Gasteiger partial charge is 0.269 e. The molecule has 0 fully saturated rings. The molecule has 1 N–H and O–H groups in total. The fraction of sp³-hybridized carbons (Fsp3) is 0.0625. The van der Waals surface area contributed by atoms with Crippen LogP contribution in [-0.4, -0.2) is 20.8 Å². The van der Waals surface area contributed by atoms with Gasteiger partial charge in [0.05, 0.1) is 30.4 Å². The van der Waals surface area contributed by atoms with Crippen molar-refractivity contribution in [3.63, 3.8) is 0 Å². The van der Waals surface area contributed by atoms with Gasteiger partial charge >= 0.3 is 0 Å². The molecule has 2 aromatic heterocycles. The highest BCUT2D eigenvalue weighted by Crippen LogP contribution is 2.35. The Hall–Kier alpha value is -2.91. The summed E-state index contributed by atoms with van der Waals surface area (Å²) < 4.78 is 2.05. The number of hydrogen-bond acceptors (Lipinski definition) is 7. The highest BCUT2D eigenvalue weighted by Gasteiger charge is 2.14. The number of nitrogens with one attached hydrogen (secondary N) is 1. The Bertz CT molecular complexity index is 1130. The summed E-state index contributed by atoms with van der Waals surface area (Å²) in [5.41, 5.74) is 2.01. The zero-order valence-electron chi connectivity index (χ0n) is 12.8. The van der Waals surface area contributed by atoms with Gasteiger partial charge in [0.1, 0.15) is 0 Å². The Morgan fingerprint density at radius 1 is 1.04 bits per heavy atom. The van der Waals surface area contributed by atoms with Crippen molar-refractivity contribution in [2.24, 2.45) is 0 Å². The average Bonchev–Trinajstić information content (AvgIpc) is 3.16. The number of aryl methyl sites for hydroxylation is 1. The molecule has 2 heterocycles. The minimum absolute atomic E-state index is 0.0560. The first-order chi connectivity index (χ1) is 12.0. The van der Waals surface area contributed by atoms with E-state index in [1.54, 1.807) is 11.3 Å². The lowest BCUT2D eigenvalue weighted by Gasteiger charge is -2.00. The molecular formula is C16H10N4O3S2. The van der Waals surface area contributed by atoms with Gasteiger partial charge in [0.15, 0.2) is 5.13 Å². The zero-order chi connectivity index (χ0) is 17.6. The predicted molar refractivity (Wildman–Crippen MR) is 98.6 cm³/mol. The summed E-state index contributed by atoms with van der Waals surface area (Å²) in [5.74, 6) is -0.356. The molecule has 2 aromatic carbocycles. The summed E-state index contributed by atoms with van der Waals surface area (Å²) in [4.78, 5) is 31.4. The van der Waals surface area contributed by atoms with Crippen molar-refractivity contribution in [1.29, 1.82) is 0 Å². The molecule has 4 aromatic rings. The second kappa shape index (κ2) is 5.87. The lowest BCUT2D eigenvalue weighted by Crippen LogP contribution is -2.11. The number of aromatic nitrogens is 2. The summed E-state index contributed by atoms with van der Waals surface area (Å²) in [6, 6.07) is 9.25. The van der Waals surface area contributed by atoms with Crippen molar-refractivity contribution in [2.75, 3.05) is 5.32 Å². The van der Waals surface area contributed by atoms with E-state index < -0.39 is 4.92 Å². The normalized spacial score (nSPS) is 11.1. The van der Waals surface area contributed by atoms with Crippen molar-refractivity contribution in [3.05, 3.63) is 57.1 Å². The van der Waals surface area contributed by atoms with Gasteiger partial charge in [-0.2, -0.15) is 0 Å². The number of nitrogens with zero attached hydrogens (tertiary/aromatic N) is 3. The molecule has 0 atom stereocenters. The van der Waals surface area contributed by atoms with Gasteiger partial charge in [0.25, 0.3) is 11.6 Å². The van der Waals surface area contributed by atoms with Crippen LogP contribution in [0.1, 0.15) is 15.4 Å². The number of non-ortho nitro benzene ring substituents is 1. The maximum absolute atomic E-state index is 12.3. The first kappa shape index (κ1) is 15.6. The molecule has 1 amide bonds. The number of hydrogen-bond donors (Lipinski definition) is 1. The van der Waals surface area contributed by atoms with Crippen molar-refractivity contribution in [1.82, 2.24) is 9.97 Å². The van der Waals surface area contributed by atoms with Gasteiger partial charge in [-0.15, -0.1) is 11.3 Å². The first-order valence-corrected chi connectivity index (χ1v) is 8.87. The van der Waals surface area contributed by atoms with Gasteiger partial charge in [-0.3, -0.25) is 20.2 Å². The molecule has 0 saturated heterocycles. The standard InChI is InChI=1S/C16H10N4O3S2/c1-8-17-11-6-7-12-14(13(11)24-8)25-16(18-12)19-15(21)9-2-4-10(5-3-9)20(22)23/h2-7H,1H3,(H,18,19,21). The summed E-state index contributed by atoms with van der Waals surface area (Å²) in [7, 11) is 0. The monoisotopic (exact) mass is 370 g/mol. The average molecular weight is 370 g/mol. The van der Waals surface area contributed by atoms with Gasteiger partial charge < -0.3 is 0 Å². The van der Waals surface area contributed by atoms with Crippen LogP contribution in [0.15, 0.2) is 36.4 Å². The van der Waals surface area contributed by atoms with E-state index in [0.29, 0.717) is 10.7 Å². The van der Waals surface area contributed by atoms with Crippen LogP contribution in [0.3, 0.4) is 0 Å². The summed E-state index contributed by atoms with van der Waals surface area (Å²) in [6.45, 7) is 1.95. The van der Waals surface area contributed by atoms with E-state index in [1.807, 2.05) is 19.1 Å². The number of fused-ring (bicyclic) bond motifs is 3. The van der Waals surface area contributed by atoms with Crippen LogP contribution in [0.5, 0.6) is 0 Å². The van der Waals surface area contributed by atoms with Crippen LogP contribution in [-0.2, 0) is 0 Å². The van der Waals surface area contributed by atoms with Gasteiger partial charge in [-0.1, -0.05) is 11.3 Å². The molecule has 0 saturated carbocycles. The van der Waals surface area contributed by atoms with E-state index >= 15 is 0 Å². The fourth-order valence-corrected chi connectivity index (χ4v) is 4.44. The van der Waals surface area contributed by atoms with Crippen LogP contribution in [0.25, 0.3) is 20.4 Å². The quantitative estimate of drug-likeness (QED) is 0.426. The molecule has 0 bridgehead atoms. The van der Waals surface area contributed by atoms with Crippen molar-refractivity contribution in [3.8, 4) is 0 Å². The number of nitro benzene ring substituents is 1. The van der Waals surface area contributed by atoms with Gasteiger partial charge in [0.2, 0.25) is 0 Å². The lowest BCUT2D eigenvalue weighted by molar-refractivity contribution is -0.384. The van der Waals surface area contributed by atoms with Crippen LogP contribution in [0, 0.1) is 17.0 Å². The zero-order valence-corrected chi connectivity index (χ0v) is 14.5. The van der Waals surface area contributed by atoms with Gasteiger partial charge in [0, 0.05) is 17.7 Å². The van der Waals surface area contributed by atoms with Gasteiger partial charge in [-0.25, -0.2) is 9.97 Å². The number of nitro groups is 1. The SMILES string of the molecule is Cc1nc2ccc3nc(NC(=O)c4ccc([N+](=O)[O-])cc4)sc3c2s1. The second-order valence-corrected chi connectivity index (χ2v) is 7.47. The van der Waals surface area contributed by atoms with E-state index in [4.69, 9.17) is 0 Å². The highest BCUT2D eigenvalue weighted by atomic mass is 32.1. The Labute approximate surface area is 149 Å². The Morgan fingerprint density at radius 3 is 2.36 bits per heavy atom. The maximum Gasteiger partial charge on any atom is 0.269 e. The van der Waals surface area contributed by atoms with E-state index in [2.05, 4.69) is 15.3 Å². The van der Waals surface area contributed by atoms with E-state index in [9.17, 15) is 14.9 Å². The Balaban J connectivity index is 1.64. The maximum atomic E-state index is 12.3. The second-order valence-electron chi connectivity index (χ2n) is 5.27. The predicted octanol–water partition coefficient (Wildman–Crippen LogP) is 4.37. The number of benzene rings is 2. The molecule has 0 aliphatic rings. The third-order valence-corrected chi connectivity index (χ3v) is 5.72. The molecular weight excluding hydrogens is 360 g/mol. The molecule has 0 unspecified atom stereocenters. The molecule has 9 heteroatoms. The first-order valence-electron chi connectivity index (χ1n) is 7.24. The summed E-state index contributed by atoms with van der Waals surface area (Å²) in [5, 5.41) is 14.9. The number of thiazole rings is 2. The van der Waals surface area contributed by atoms with Crippen LogP contribution in [0.4, 0.5) is 10.8 Å². The molecule has 0 radical (unpaired) electrons. The van der Waals surface area contributed by atoms with Gasteiger partial charge in [-0.05, 0) is 31.2 Å². The van der Waals surface area contributed by atoms with Crippen LogP contribution in [0.2, 0.25) is 0 Å². The minimum atomic E-state index is -0.502. The fourth-order valence-electron chi connectivity index (χ4n) is 2.44. The third kappa shape index (κ3) is 2.83. The number of anilines is 1. The third-order valence-electron chi connectivity index (χ3n) is 3.58. The molecule has 25 heavy (non-hydrogen) atoms. The number of amides is 1. The highest BCUT2D eigenvalue weighted by molar-refractivity contribution is 7.28. The minimum Gasteiger partial charge on any atom is -0.298 e. The van der Waals surface area contributed by atoms with Crippen LogP contribution < -0.4 is 5.32 Å². The van der Waals surface area contributed by atoms with Crippen LogP contribution >= 0.6 is 22.7 Å². The number of carbonyl (C=O) groups is 1. The number of carbonyl (C=O) groups excluding carboxylic acids is 1. The van der Waals surface area contributed by atoms with Crippen molar-refractivity contribution < 1.29 is 9.72 Å². The topological polar surface area (TPSA) is 98.0 Å². The number of rotatable bonds is 3. The van der Waals surface area contributed by atoms with Crippen molar-refractivity contribution in [2.45, 2.75) is 6.92 Å². The van der Waals surface area contributed by atoms with E-state index in [1.165, 1.54) is 35.6 Å². The Morgan fingerprint density at radius 2 is 1.68 bits per heavy atom. The van der Waals surface area contributed by atoms with Crippen molar-refractivity contribution >= 4 is 59.8 Å². The molecule has 4 rings (SSSR count). The Kier molecular flexibility index (Phi) is 3.66. The molecule has 0 spiro atoms. The van der Waals surface area contributed by atoms with E-state index in [-0.39, 0.29) is 11.6 Å². The molecule has 7 nitrogen and oxygen atoms in total. The summed E-state index contributed by atoms with van der Waals surface area (Å²) in [6.07, 6.45) is 0. The molecule has 0 aliphatic carbocycles.